The lowest BCUT2D eigenvalue weighted by atomic mass is 9.86. The molecule has 1 saturated heterocycles. The first-order valence-electron chi connectivity index (χ1n) is 12.7. The zero-order valence-corrected chi connectivity index (χ0v) is 22.5. The number of pyridine rings is 1. The van der Waals surface area contributed by atoms with Gasteiger partial charge in [0, 0.05) is 43.1 Å². The van der Waals surface area contributed by atoms with E-state index in [2.05, 4.69) is 77.5 Å². The first kappa shape index (κ1) is 25.0. The van der Waals surface area contributed by atoms with E-state index in [1.807, 2.05) is 54.7 Å². The molecule has 7 heteroatoms. The highest BCUT2D eigenvalue weighted by Crippen LogP contribution is 2.43. The Hall–Kier alpha value is -3.71. The Morgan fingerprint density at radius 1 is 1.11 bits per heavy atom. The van der Waals surface area contributed by atoms with Crippen molar-refractivity contribution in [2.24, 2.45) is 0 Å². The summed E-state index contributed by atoms with van der Waals surface area (Å²) in [6.45, 7) is 7.13. The van der Waals surface area contributed by atoms with Crippen LogP contribution in [0.15, 0.2) is 79.0 Å². The van der Waals surface area contributed by atoms with E-state index in [1.54, 1.807) is 0 Å². The normalized spacial score (nSPS) is 20.2. The number of amides is 1. The van der Waals surface area contributed by atoms with E-state index in [4.69, 9.17) is 12.2 Å². The van der Waals surface area contributed by atoms with Crippen molar-refractivity contribution < 1.29 is 4.79 Å². The molecule has 3 aromatic rings. The van der Waals surface area contributed by atoms with Gasteiger partial charge in [-0.25, -0.2) is 0 Å². The van der Waals surface area contributed by atoms with Gasteiger partial charge >= 0.3 is 0 Å². The first-order chi connectivity index (χ1) is 17.7. The lowest BCUT2D eigenvalue weighted by molar-refractivity contribution is -0.116. The van der Waals surface area contributed by atoms with Crippen LogP contribution in [0.2, 0.25) is 0 Å². The van der Waals surface area contributed by atoms with E-state index in [0.717, 1.165) is 16.9 Å². The molecule has 2 aromatic carbocycles. The largest absolute Gasteiger partial charge is 0.366 e. The van der Waals surface area contributed by atoms with Gasteiger partial charge in [-0.05, 0) is 80.5 Å². The first-order valence-corrected chi connectivity index (χ1v) is 13.1. The Morgan fingerprint density at radius 3 is 2.59 bits per heavy atom. The third kappa shape index (κ3) is 4.96. The van der Waals surface area contributed by atoms with Crippen LogP contribution in [-0.2, 0) is 4.79 Å². The third-order valence-corrected chi connectivity index (χ3v) is 7.77. The van der Waals surface area contributed by atoms with Gasteiger partial charge in [0.05, 0.1) is 23.3 Å². The molecule has 2 atom stereocenters. The maximum atomic E-state index is 12.8. The van der Waals surface area contributed by atoms with Crippen LogP contribution in [-0.4, -0.2) is 40.0 Å². The minimum absolute atomic E-state index is 0.0397. The van der Waals surface area contributed by atoms with Crippen molar-refractivity contribution in [1.29, 1.82) is 0 Å². The third-order valence-electron chi connectivity index (χ3n) is 7.42. The predicted octanol–water partition coefficient (Wildman–Crippen LogP) is 5.71. The number of aromatic nitrogens is 1. The standard InChI is InChI=1S/C30H33N5OS/c1-20-19-30(2,3)34(4)25-14-13-21(18-23(20)25)28-27(24-12-8-9-16-31-24)33-29(37)35(28)17-15-26(36)32-22-10-6-5-7-11-22/h5-14,16,18-19,27-28H,15,17H2,1-4H3,(H,32,36)(H,33,37)/t27-,28+/m0/s1. The van der Waals surface area contributed by atoms with Crippen LogP contribution >= 0.6 is 12.2 Å². The lowest BCUT2D eigenvalue weighted by Gasteiger charge is -2.41. The van der Waals surface area contributed by atoms with Gasteiger partial charge in [0.2, 0.25) is 5.91 Å². The monoisotopic (exact) mass is 511 g/mol. The highest BCUT2D eigenvalue weighted by molar-refractivity contribution is 7.80. The molecule has 0 spiro atoms. The second kappa shape index (κ2) is 9.98. The van der Waals surface area contributed by atoms with Crippen molar-refractivity contribution in [2.75, 3.05) is 23.8 Å². The summed E-state index contributed by atoms with van der Waals surface area (Å²) in [5, 5.41) is 7.11. The molecule has 190 valence electrons. The summed E-state index contributed by atoms with van der Waals surface area (Å²) in [5.74, 6) is -0.0397. The van der Waals surface area contributed by atoms with Crippen molar-refractivity contribution in [3.63, 3.8) is 0 Å². The van der Waals surface area contributed by atoms with Crippen molar-refractivity contribution in [1.82, 2.24) is 15.2 Å². The number of anilines is 2. The molecule has 2 N–H and O–H groups in total. The summed E-state index contributed by atoms with van der Waals surface area (Å²) in [4.78, 5) is 21.9. The number of hydrogen-bond acceptors (Lipinski definition) is 4. The molecule has 1 aromatic heterocycles. The van der Waals surface area contributed by atoms with Crippen LogP contribution in [0.3, 0.4) is 0 Å². The maximum absolute atomic E-state index is 12.8. The molecule has 0 aliphatic carbocycles. The van der Waals surface area contributed by atoms with Crippen molar-refractivity contribution >= 4 is 40.2 Å². The molecule has 0 unspecified atom stereocenters. The smallest absolute Gasteiger partial charge is 0.226 e. The SMILES string of the molecule is CC1=CC(C)(C)N(C)c2ccc([C@@H]3[C@H](c4ccccn4)NC(=S)N3CCC(=O)Nc3ccccc3)cc21. The molecule has 0 radical (unpaired) electrons. The van der Waals surface area contributed by atoms with E-state index in [0.29, 0.717) is 18.1 Å². The molecule has 5 rings (SSSR count). The van der Waals surface area contributed by atoms with Gasteiger partial charge in [0.1, 0.15) is 0 Å². The number of thiocarbonyl (C=S) groups is 1. The number of para-hydroxylation sites is 1. The van der Waals surface area contributed by atoms with Crippen LogP contribution in [0.4, 0.5) is 11.4 Å². The Labute approximate surface area is 224 Å². The Kier molecular flexibility index (Phi) is 6.73. The molecular weight excluding hydrogens is 478 g/mol. The molecule has 2 aliphatic rings. The average Bonchev–Trinajstić information content (AvgIpc) is 3.22. The Morgan fingerprint density at radius 2 is 1.86 bits per heavy atom. The van der Waals surface area contributed by atoms with E-state index >= 15 is 0 Å². The fourth-order valence-corrected chi connectivity index (χ4v) is 5.67. The fourth-order valence-electron chi connectivity index (χ4n) is 5.34. The van der Waals surface area contributed by atoms with Crippen molar-refractivity contribution in [3.8, 4) is 0 Å². The molecule has 1 amide bonds. The quantitative estimate of drug-likeness (QED) is 0.413. The molecule has 1 fully saturated rings. The number of likely N-dealkylation sites (N-methyl/N-ethyl adjacent to an activating group) is 1. The summed E-state index contributed by atoms with van der Waals surface area (Å²) in [7, 11) is 2.14. The van der Waals surface area contributed by atoms with Gasteiger partial charge in [0.25, 0.3) is 0 Å². The van der Waals surface area contributed by atoms with Crippen molar-refractivity contribution in [2.45, 2.75) is 44.8 Å². The van der Waals surface area contributed by atoms with Gasteiger partial charge in [-0.3, -0.25) is 9.78 Å². The zero-order valence-electron chi connectivity index (χ0n) is 21.7. The van der Waals surface area contributed by atoms with E-state index in [-0.39, 0.29) is 23.5 Å². The summed E-state index contributed by atoms with van der Waals surface area (Å²) < 4.78 is 0. The number of fused-ring (bicyclic) bond motifs is 1. The molecule has 0 saturated carbocycles. The summed E-state index contributed by atoms with van der Waals surface area (Å²) in [6, 6.07) is 21.9. The van der Waals surface area contributed by atoms with Crippen LogP contribution < -0.4 is 15.5 Å². The van der Waals surface area contributed by atoms with Gasteiger partial charge in [-0.15, -0.1) is 0 Å². The number of benzene rings is 2. The lowest BCUT2D eigenvalue weighted by Crippen LogP contribution is -2.42. The number of hydrogen-bond donors (Lipinski definition) is 2. The van der Waals surface area contributed by atoms with Crippen LogP contribution in [0.1, 0.15) is 56.1 Å². The zero-order chi connectivity index (χ0) is 26.2. The second-order valence-electron chi connectivity index (χ2n) is 10.3. The average molecular weight is 512 g/mol. The van der Waals surface area contributed by atoms with E-state index < -0.39 is 0 Å². The van der Waals surface area contributed by atoms with Gasteiger partial charge in [-0.2, -0.15) is 0 Å². The Bertz CT molecular complexity index is 1340. The number of carbonyl (C=O) groups is 1. The molecule has 3 heterocycles. The summed E-state index contributed by atoms with van der Waals surface area (Å²) in [5.41, 5.74) is 6.51. The van der Waals surface area contributed by atoms with Gasteiger partial charge in [-0.1, -0.05) is 36.4 Å². The van der Waals surface area contributed by atoms with Gasteiger partial charge < -0.3 is 20.4 Å². The minimum atomic E-state index is -0.119. The number of nitrogens with one attached hydrogen (secondary N) is 2. The van der Waals surface area contributed by atoms with Crippen LogP contribution in [0.25, 0.3) is 5.57 Å². The minimum Gasteiger partial charge on any atom is -0.366 e. The fraction of sp³-hybridized carbons (Fsp3) is 0.300. The topological polar surface area (TPSA) is 60.5 Å². The van der Waals surface area contributed by atoms with E-state index in [1.165, 1.54) is 16.8 Å². The van der Waals surface area contributed by atoms with Gasteiger partial charge in [0.15, 0.2) is 5.11 Å². The second-order valence-corrected chi connectivity index (χ2v) is 10.7. The van der Waals surface area contributed by atoms with Crippen LogP contribution in [0.5, 0.6) is 0 Å². The highest BCUT2D eigenvalue weighted by atomic mass is 32.1. The predicted molar refractivity (Wildman–Crippen MR) is 154 cm³/mol. The summed E-state index contributed by atoms with van der Waals surface area (Å²) >= 11 is 5.80. The van der Waals surface area contributed by atoms with E-state index in [9.17, 15) is 4.79 Å². The molecule has 2 aliphatic heterocycles. The number of allylic oxidation sites excluding steroid dienone is 1. The molecular formula is C30H33N5OS. The molecule has 0 bridgehead atoms. The Balaban J connectivity index is 1.46. The number of carbonyl (C=O) groups excluding carboxylic acids is 1. The molecule has 6 nitrogen and oxygen atoms in total. The van der Waals surface area contributed by atoms with Crippen LogP contribution in [0, 0.1) is 0 Å². The summed E-state index contributed by atoms with van der Waals surface area (Å²) in [6.07, 6.45) is 4.45. The number of nitrogens with zero attached hydrogens (tertiary/aromatic N) is 3. The van der Waals surface area contributed by atoms with Crippen molar-refractivity contribution in [3.05, 3.63) is 95.8 Å². The number of rotatable bonds is 6. The highest BCUT2D eigenvalue weighted by Gasteiger charge is 2.40. The molecule has 37 heavy (non-hydrogen) atoms. The maximum Gasteiger partial charge on any atom is 0.226 e.